The van der Waals surface area contributed by atoms with E-state index in [1.165, 1.54) is 19.3 Å². The van der Waals surface area contributed by atoms with Crippen LogP contribution < -0.4 is 11.1 Å². The Morgan fingerprint density at radius 2 is 2.20 bits per heavy atom. The monoisotopic (exact) mass is 358 g/mol. The Labute approximate surface area is 135 Å². The summed E-state index contributed by atoms with van der Waals surface area (Å²) in [7, 11) is 0. The first-order valence-electron chi connectivity index (χ1n) is 7.42. The lowest BCUT2D eigenvalue weighted by Gasteiger charge is -2.47. The van der Waals surface area contributed by atoms with Crippen LogP contribution in [-0.4, -0.2) is 12.1 Å². The van der Waals surface area contributed by atoms with Crippen LogP contribution in [0.1, 0.15) is 39.5 Å². The van der Waals surface area contributed by atoms with Crippen molar-refractivity contribution in [3.05, 3.63) is 27.7 Å². The molecule has 1 fully saturated rings. The van der Waals surface area contributed by atoms with Gasteiger partial charge >= 0.3 is 0 Å². The standard InChI is InChI=1S/C16H24BrClN2/c1-11(2)13-5-3-4-8-16(13,10-19)20-12-6-7-14(17)15(18)9-12/h6-7,9,11,13,20H,3-5,8,10,19H2,1-2H3. The molecule has 0 aromatic heterocycles. The summed E-state index contributed by atoms with van der Waals surface area (Å²) < 4.78 is 0.926. The van der Waals surface area contributed by atoms with Gasteiger partial charge in [0.15, 0.2) is 0 Å². The highest BCUT2D eigenvalue weighted by molar-refractivity contribution is 9.10. The second-order valence-electron chi connectivity index (χ2n) is 6.21. The fourth-order valence-electron chi connectivity index (χ4n) is 3.56. The molecule has 20 heavy (non-hydrogen) atoms. The third kappa shape index (κ3) is 3.32. The number of rotatable bonds is 4. The molecule has 0 aliphatic heterocycles. The molecule has 1 aliphatic rings. The molecular formula is C16H24BrClN2. The Bertz CT molecular complexity index is 464. The van der Waals surface area contributed by atoms with Gasteiger partial charge in [-0.3, -0.25) is 0 Å². The van der Waals surface area contributed by atoms with E-state index in [2.05, 4.69) is 41.2 Å². The number of hydrogen-bond acceptors (Lipinski definition) is 2. The molecular weight excluding hydrogens is 336 g/mol. The van der Waals surface area contributed by atoms with Gasteiger partial charge in [-0.2, -0.15) is 0 Å². The summed E-state index contributed by atoms with van der Waals surface area (Å²) in [4.78, 5) is 0. The van der Waals surface area contributed by atoms with E-state index in [0.717, 1.165) is 21.6 Å². The van der Waals surface area contributed by atoms with Gasteiger partial charge in [-0.15, -0.1) is 0 Å². The minimum absolute atomic E-state index is 0.00355. The highest BCUT2D eigenvalue weighted by atomic mass is 79.9. The third-order valence-corrected chi connectivity index (χ3v) is 5.81. The summed E-state index contributed by atoms with van der Waals surface area (Å²) in [6.07, 6.45) is 4.96. The molecule has 4 heteroatoms. The minimum Gasteiger partial charge on any atom is -0.378 e. The van der Waals surface area contributed by atoms with E-state index in [4.69, 9.17) is 17.3 Å². The van der Waals surface area contributed by atoms with Crippen LogP contribution >= 0.6 is 27.5 Å². The van der Waals surface area contributed by atoms with Crippen molar-refractivity contribution in [1.82, 2.24) is 0 Å². The molecule has 0 radical (unpaired) electrons. The van der Waals surface area contributed by atoms with E-state index in [1.807, 2.05) is 12.1 Å². The second kappa shape index (κ2) is 6.67. The molecule has 2 nitrogen and oxygen atoms in total. The van der Waals surface area contributed by atoms with E-state index < -0.39 is 0 Å². The Balaban J connectivity index is 2.27. The van der Waals surface area contributed by atoms with Gasteiger partial charge in [-0.1, -0.05) is 38.3 Å². The van der Waals surface area contributed by atoms with Gasteiger partial charge in [0.25, 0.3) is 0 Å². The smallest absolute Gasteiger partial charge is 0.0568 e. The molecule has 1 aromatic rings. The van der Waals surface area contributed by atoms with Crippen molar-refractivity contribution >= 4 is 33.2 Å². The summed E-state index contributed by atoms with van der Waals surface area (Å²) in [5.41, 5.74) is 7.25. The van der Waals surface area contributed by atoms with Crippen LogP contribution in [-0.2, 0) is 0 Å². The zero-order valence-corrected chi connectivity index (χ0v) is 14.6. The predicted molar refractivity (Wildman–Crippen MR) is 91.4 cm³/mol. The lowest BCUT2D eigenvalue weighted by Crippen LogP contribution is -2.55. The fourth-order valence-corrected chi connectivity index (χ4v) is 3.99. The molecule has 1 saturated carbocycles. The molecule has 0 heterocycles. The normalized spacial score (nSPS) is 26.8. The molecule has 1 aliphatic carbocycles. The van der Waals surface area contributed by atoms with E-state index in [-0.39, 0.29) is 5.54 Å². The number of benzene rings is 1. The van der Waals surface area contributed by atoms with Crippen molar-refractivity contribution in [1.29, 1.82) is 0 Å². The van der Waals surface area contributed by atoms with Gasteiger partial charge in [0, 0.05) is 16.7 Å². The molecule has 1 aromatic carbocycles. The van der Waals surface area contributed by atoms with Crippen molar-refractivity contribution < 1.29 is 0 Å². The molecule has 3 N–H and O–H groups in total. The van der Waals surface area contributed by atoms with Crippen molar-refractivity contribution in [2.45, 2.75) is 45.1 Å². The topological polar surface area (TPSA) is 38.0 Å². The largest absolute Gasteiger partial charge is 0.378 e. The Kier molecular flexibility index (Phi) is 5.38. The maximum Gasteiger partial charge on any atom is 0.0568 e. The summed E-state index contributed by atoms with van der Waals surface area (Å²) in [6, 6.07) is 6.04. The Hall–Kier alpha value is -0.250. The summed E-state index contributed by atoms with van der Waals surface area (Å²) >= 11 is 9.64. The Morgan fingerprint density at radius 3 is 2.80 bits per heavy atom. The molecule has 0 saturated heterocycles. The first kappa shape index (κ1) is 16.1. The highest BCUT2D eigenvalue weighted by Gasteiger charge is 2.41. The van der Waals surface area contributed by atoms with Crippen molar-refractivity contribution in [3.63, 3.8) is 0 Å². The summed E-state index contributed by atoms with van der Waals surface area (Å²) in [6.45, 7) is 5.27. The lowest BCUT2D eigenvalue weighted by atomic mass is 9.67. The fraction of sp³-hybridized carbons (Fsp3) is 0.625. The highest BCUT2D eigenvalue weighted by Crippen LogP contribution is 2.40. The van der Waals surface area contributed by atoms with E-state index in [1.54, 1.807) is 0 Å². The number of anilines is 1. The molecule has 0 bridgehead atoms. The molecule has 0 amide bonds. The zero-order valence-electron chi connectivity index (χ0n) is 12.3. The van der Waals surface area contributed by atoms with Gasteiger partial charge in [-0.05, 0) is 58.8 Å². The molecule has 2 rings (SSSR count). The van der Waals surface area contributed by atoms with Crippen molar-refractivity contribution in [3.8, 4) is 0 Å². The average molecular weight is 360 g/mol. The van der Waals surface area contributed by atoms with Crippen LogP contribution in [0.4, 0.5) is 5.69 Å². The number of nitrogens with one attached hydrogen (secondary N) is 1. The SMILES string of the molecule is CC(C)C1CCCCC1(CN)Nc1ccc(Br)c(Cl)c1. The van der Waals surface area contributed by atoms with Crippen LogP contribution in [0.5, 0.6) is 0 Å². The quantitative estimate of drug-likeness (QED) is 0.788. The van der Waals surface area contributed by atoms with Gasteiger partial charge in [-0.25, -0.2) is 0 Å². The van der Waals surface area contributed by atoms with Gasteiger partial charge in [0.05, 0.1) is 10.6 Å². The minimum atomic E-state index is 0.00355. The van der Waals surface area contributed by atoms with Gasteiger partial charge < -0.3 is 11.1 Å². The molecule has 2 unspecified atom stereocenters. The summed E-state index contributed by atoms with van der Waals surface area (Å²) in [5, 5.41) is 4.45. The number of hydrogen-bond donors (Lipinski definition) is 2. The first-order chi connectivity index (χ1) is 9.48. The third-order valence-electron chi connectivity index (χ3n) is 4.58. The van der Waals surface area contributed by atoms with Crippen LogP contribution in [0, 0.1) is 11.8 Å². The average Bonchev–Trinajstić information content (AvgIpc) is 2.43. The number of nitrogens with two attached hydrogens (primary N) is 1. The molecule has 112 valence electrons. The van der Waals surface area contributed by atoms with E-state index in [9.17, 15) is 0 Å². The maximum absolute atomic E-state index is 6.20. The van der Waals surface area contributed by atoms with Crippen molar-refractivity contribution in [2.75, 3.05) is 11.9 Å². The molecule has 2 atom stereocenters. The van der Waals surface area contributed by atoms with Crippen LogP contribution in [0.25, 0.3) is 0 Å². The predicted octanol–water partition coefficient (Wildman–Crippen LogP) is 5.06. The number of halogens is 2. The maximum atomic E-state index is 6.20. The van der Waals surface area contributed by atoms with Crippen LogP contribution in [0.3, 0.4) is 0 Å². The van der Waals surface area contributed by atoms with Gasteiger partial charge in [0.2, 0.25) is 0 Å². The van der Waals surface area contributed by atoms with Crippen molar-refractivity contribution in [2.24, 2.45) is 17.6 Å². The van der Waals surface area contributed by atoms with E-state index in [0.29, 0.717) is 18.4 Å². The van der Waals surface area contributed by atoms with E-state index >= 15 is 0 Å². The van der Waals surface area contributed by atoms with Crippen LogP contribution in [0.15, 0.2) is 22.7 Å². The lowest BCUT2D eigenvalue weighted by molar-refractivity contribution is 0.166. The zero-order chi connectivity index (χ0) is 14.8. The van der Waals surface area contributed by atoms with Gasteiger partial charge in [0.1, 0.15) is 0 Å². The molecule has 0 spiro atoms. The second-order valence-corrected chi connectivity index (χ2v) is 7.47. The first-order valence-corrected chi connectivity index (χ1v) is 8.59. The van der Waals surface area contributed by atoms with Crippen LogP contribution in [0.2, 0.25) is 5.02 Å². The summed E-state index contributed by atoms with van der Waals surface area (Å²) in [5.74, 6) is 1.25. The Morgan fingerprint density at radius 1 is 1.45 bits per heavy atom.